The molecule has 110 valence electrons. The van der Waals surface area contributed by atoms with Crippen LogP contribution in [0.15, 0.2) is 24.3 Å². The molecule has 1 unspecified atom stereocenters. The van der Waals surface area contributed by atoms with Crippen LogP contribution in [0.3, 0.4) is 0 Å². The second-order valence-electron chi connectivity index (χ2n) is 6.59. The van der Waals surface area contributed by atoms with E-state index in [4.69, 9.17) is 9.47 Å². The van der Waals surface area contributed by atoms with E-state index in [1.54, 1.807) is 0 Å². The zero-order valence-electron chi connectivity index (χ0n) is 12.4. The lowest BCUT2D eigenvalue weighted by molar-refractivity contribution is -0.120. The molecule has 2 saturated heterocycles. The van der Waals surface area contributed by atoms with Crippen LogP contribution in [0, 0.1) is 5.41 Å². The average Bonchev–Trinajstić information content (AvgIpc) is 2.46. The molecular weight excluding hydrogens is 250 g/mol. The standard InChI is InChI=1S/C17H25NO2/c1-17(11-19-12-17)13-20-16-7-5-14(6-8-16)10-15-4-2-3-9-18-15/h5-8,15,18H,2-4,9-13H2,1H3. The van der Waals surface area contributed by atoms with Crippen LogP contribution in [0.1, 0.15) is 31.7 Å². The maximum Gasteiger partial charge on any atom is 0.119 e. The lowest BCUT2D eigenvalue weighted by atomic mass is 9.90. The molecule has 1 aromatic rings. The maximum atomic E-state index is 5.86. The fourth-order valence-electron chi connectivity index (χ4n) is 2.90. The van der Waals surface area contributed by atoms with Crippen molar-refractivity contribution in [3.05, 3.63) is 29.8 Å². The second-order valence-corrected chi connectivity index (χ2v) is 6.59. The van der Waals surface area contributed by atoms with Gasteiger partial charge in [-0.25, -0.2) is 0 Å². The molecule has 0 aliphatic carbocycles. The largest absolute Gasteiger partial charge is 0.493 e. The molecule has 2 aliphatic rings. The van der Waals surface area contributed by atoms with Crippen LogP contribution in [0.25, 0.3) is 0 Å². The summed E-state index contributed by atoms with van der Waals surface area (Å²) >= 11 is 0. The molecule has 2 heterocycles. The minimum atomic E-state index is 0.213. The molecule has 0 spiro atoms. The van der Waals surface area contributed by atoms with E-state index in [1.807, 2.05) is 0 Å². The zero-order chi connectivity index (χ0) is 13.8. The summed E-state index contributed by atoms with van der Waals surface area (Å²) in [7, 11) is 0. The van der Waals surface area contributed by atoms with E-state index in [0.29, 0.717) is 6.04 Å². The Morgan fingerprint density at radius 3 is 2.65 bits per heavy atom. The Balaban J connectivity index is 1.49. The Morgan fingerprint density at radius 1 is 1.25 bits per heavy atom. The van der Waals surface area contributed by atoms with E-state index in [9.17, 15) is 0 Å². The highest BCUT2D eigenvalue weighted by Gasteiger charge is 2.34. The molecule has 0 amide bonds. The molecule has 2 aliphatic heterocycles. The SMILES string of the molecule is CC1(COc2ccc(CC3CCCCN3)cc2)COC1. The summed E-state index contributed by atoms with van der Waals surface area (Å²) in [6.45, 7) is 5.76. The molecular formula is C17H25NO2. The van der Waals surface area contributed by atoms with Crippen LogP contribution in [0.4, 0.5) is 0 Å². The van der Waals surface area contributed by atoms with Crippen molar-refractivity contribution in [1.82, 2.24) is 5.32 Å². The van der Waals surface area contributed by atoms with Crippen molar-refractivity contribution in [3.8, 4) is 5.75 Å². The highest BCUT2D eigenvalue weighted by atomic mass is 16.5. The molecule has 1 atom stereocenters. The highest BCUT2D eigenvalue weighted by Crippen LogP contribution is 2.27. The van der Waals surface area contributed by atoms with Gasteiger partial charge in [-0.15, -0.1) is 0 Å². The van der Waals surface area contributed by atoms with Crippen molar-refractivity contribution in [2.75, 3.05) is 26.4 Å². The molecule has 3 rings (SSSR count). The molecule has 3 heteroatoms. The van der Waals surface area contributed by atoms with Crippen LogP contribution in [-0.4, -0.2) is 32.4 Å². The molecule has 0 aromatic heterocycles. The van der Waals surface area contributed by atoms with Gasteiger partial charge in [0.1, 0.15) is 5.75 Å². The van der Waals surface area contributed by atoms with Crippen molar-refractivity contribution >= 4 is 0 Å². The van der Waals surface area contributed by atoms with Crippen molar-refractivity contribution in [2.45, 2.75) is 38.6 Å². The number of hydrogen-bond acceptors (Lipinski definition) is 3. The Labute approximate surface area is 121 Å². The maximum absolute atomic E-state index is 5.86. The smallest absolute Gasteiger partial charge is 0.119 e. The van der Waals surface area contributed by atoms with E-state index < -0.39 is 0 Å². The zero-order valence-corrected chi connectivity index (χ0v) is 12.4. The van der Waals surface area contributed by atoms with E-state index in [2.05, 4.69) is 36.5 Å². The number of nitrogens with one attached hydrogen (secondary N) is 1. The van der Waals surface area contributed by atoms with Crippen molar-refractivity contribution in [1.29, 1.82) is 0 Å². The Hall–Kier alpha value is -1.06. The molecule has 0 radical (unpaired) electrons. The first-order chi connectivity index (χ1) is 9.73. The van der Waals surface area contributed by atoms with Gasteiger partial charge in [-0.05, 0) is 43.5 Å². The molecule has 1 N–H and O–H groups in total. The highest BCUT2D eigenvalue weighted by molar-refractivity contribution is 5.28. The molecule has 0 saturated carbocycles. The van der Waals surface area contributed by atoms with Gasteiger partial charge < -0.3 is 14.8 Å². The minimum Gasteiger partial charge on any atom is -0.493 e. The van der Waals surface area contributed by atoms with Gasteiger partial charge in [-0.1, -0.05) is 25.5 Å². The van der Waals surface area contributed by atoms with Crippen LogP contribution in [0.5, 0.6) is 5.75 Å². The summed E-state index contributed by atoms with van der Waals surface area (Å²) in [4.78, 5) is 0. The van der Waals surface area contributed by atoms with E-state index in [1.165, 1.54) is 31.4 Å². The van der Waals surface area contributed by atoms with E-state index in [-0.39, 0.29) is 5.41 Å². The van der Waals surface area contributed by atoms with Crippen molar-refractivity contribution in [3.63, 3.8) is 0 Å². The fraction of sp³-hybridized carbons (Fsp3) is 0.647. The van der Waals surface area contributed by atoms with Crippen LogP contribution in [0.2, 0.25) is 0 Å². The predicted molar refractivity (Wildman–Crippen MR) is 80.2 cm³/mol. The second kappa shape index (κ2) is 6.15. The lowest BCUT2D eigenvalue weighted by Crippen LogP contribution is -2.44. The van der Waals surface area contributed by atoms with Crippen molar-refractivity contribution < 1.29 is 9.47 Å². The quantitative estimate of drug-likeness (QED) is 0.896. The van der Waals surface area contributed by atoms with Crippen LogP contribution in [-0.2, 0) is 11.2 Å². The van der Waals surface area contributed by atoms with Gasteiger partial charge >= 0.3 is 0 Å². The number of rotatable bonds is 5. The normalized spacial score (nSPS) is 24.9. The molecule has 0 bridgehead atoms. The molecule has 3 nitrogen and oxygen atoms in total. The Kier molecular flexibility index (Phi) is 4.27. The van der Waals surface area contributed by atoms with Crippen molar-refractivity contribution in [2.24, 2.45) is 5.41 Å². The lowest BCUT2D eigenvalue weighted by Gasteiger charge is -2.37. The third kappa shape index (κ3) is 3.53. The minimum absolute atomic E-state index is 0.213. The number of ether oxygens (including phenoxy) is 2. The first kappa shape index (κ1) is 13.9. The van der Waals surface area contributed by atoms with Gasteiger partial charge in [0.25, 0.3) is 0 Å². The van der Waals surface area contributed by atoms with Gasteiger partial charge in [-0.3, -0.25) is 0 Å². The average molecular weight is 275 g/mol. The summed E-state index contributed by atoms with van der Waals surface area (Å²) in [5.74, 6) is 0.971. The third-order valence-electron chi connectivity index (χ3n) is 4.31. The predicted octanol–water partition coefficient (Wildman–Crippen LogP) is 2.79. The number of hydrogen-bond donors (Lipinski definition) is 1. The summed E-state index contributed by atoms with van der Waals surface area (Å²) in [5.41, 5.74) is 1.61. The monoisotopic (exact) mass is 275 g/mol. The van der Waals surface area contributed by atoms with Gasteiger partial charge in [-0.2, -0.15) is 0 Å². The van der Waals surface area contributed by atoms with Gasteiger partial charge in [0.05, 0.1) is 19.8 Å². The Bertz CT molecular complexity index is 419. The van der Waals surface area contributed by atoms with Gasteiger partial charge in [0.2, 0.25) is 0 Å². The van der Waals surface area contributed by atoms with Gasteiger partial charge in [0, 0.05) is 11.5 Å². The van der Waals surface area contributed by atoms with Crippen LogP contribution < -0.4 is 10.1 Å². The summed E-state index contributed by atoms with van der Waals surface area (Å²) < 4.78 is 11.1. The van der Waals surface area contributed by atoms with Crippen LogP contribution >= 0.6 is 0 Å². The first-order valence-electron chi connectivity index (χ1n) is 7.76. The topological polar surface area (TPSA) is 30.5 Å². The number of piperidine rings is 1. The van der Waals surface area contributed by atoms with E-state index >= 15 is 0 Å². The summed E-state index contributed by atoms with van der Waals surface area (Å²) in [6, 6.07) is 9.25. The Morgan fingerprint density at radius 2 is 2.05 bits per heavy atom. The third-order valence-corrected chi connectivity index (χ3v) is 4.31. The summed E-state index contributed by atoms with van der Waals surface area (Å²) in [6.07, 6.45) is 5.12. The number of benzene rings is 1. The molecule has 20 heavy (non-hydrogen) atoms. The van der Waals surface area contributed by atoms with E-state index in [0.717, 1.165) is 32.0 Å². The molecule has 1 aromatic carbocycles. The van der Waals surface area contributed by atoms with Gasteiger partial charge in [0.15, 0.2) is 0 Å². The fourth-order valence-corrected chi connectivity index (χ4v) is 2.90. The summed E-state index contributed by atoms with van der Waals surface area (Å²) in [5, 5.41) is 3.60. The molecule has 2 fully saturated rings. The first-order valence-corrected chi connectivity index (χ1v) is 7.76.